The highest BCUT2D eigenvalue weighted by Gasteiger charge is 2.29. The number of hydrogen-bond acceptors (Lipinski definition) is 3. The van der Waals surface area contributed by atoms with E-state index in [2.05, 4.69) is 83.4 Å². The van der Waals surface area contributed by atoms with Crippen LogP contribution in [0.1, 0.15) is 35.4 Å². The fraction of sp³-hybridized carbons (Fsp3) is 0.333. The lowest BCUT2D eigenvalue weighted by Gasteiger charge is -2.36. The zero-order chi connectivity index (χ0) is 20.6. The van der Waals surface area contributed by atoms with Crippen molar-refractivity contribution < 1.29 is 5.11 Å². The molecule has 1 fully saturated rings. The molecular formula is C27H32N2O. The topological polar surface area (TPSA) is 44.3 Å². The summed E-state index contributed by atoms with van der Waals surface area (Å²) < 4.78 is 0. The zero-order valence-electron chi connectivity index (χ0n) is 17.5. The first kappa shape index (κ1) is 20.8. The van der Waals surface area contributed by atoms with Gasteiger partial charge in [-0.25, -0.2) is 0 Å². The van der Waals surface area contributed by atoms with Crippen molar-refractivity contribution in [2.75, 3.05) is 13.1 Å². The molecule has 3 heteroatoms. The quantitative estimate of drug-likeness (QED) is 0.533. The summed E-state index contributed by atoms with van der Waals surface area (Å²) in [6.45, 7) is 1.56. The average molecular weight is 401 g/mol. The van der Waals surface area contributed by atoms with Gasteiger partial charge in [-0.1, -0.05) is 91.0 Å². The minimum Gasteiger partial charge on any atom is -0.391 e. The van der Waals surface area contributed by atoms with E-state index in [0.717, 1.165) is 19.4 Å². The molecule has 0 spiro atoms. The van der Waals surface area contributed by atoms with Crippen molar-refractivity contribution in [1.82, 2.24) is 10.6 Å². The molecule has 3 aromatic carbocycles. The summed E-state index contributed by atoms with van der Waals surface area (Å²) in [6.07, 6.45) is 2.57. The van der Waals surface area contributed by atoms with Crippen LogP contribution in [0.5, 0.6) is 0 Å². The van der Waals surface area contributed by atoms with E-state index in [4.69, 9.17) is 0 Å². The molecule has 0 aromatic heterocycles. The Morgan fingerprint density at radius 2 is 1.37 bits per heavy atom. The van der Waals surface area contributed by atoms with E-state index in [1.165, 1.54) is 16.7 Å². The Bertz CT molecular complexity index is 822. The first-order valence-corrected chi connectivity index (χ1v) is 11.1. The largest absolute Gasteiger partial charge is 0.391 e. The van der Waals surface area contributed by atoms with Crippen LogP contribution in [0.15, 0.2) is 91.0 Å². The standard InChI is InChI=1S/C27H32N2O/c30-25(18-21-10-4-1-5-11-21)20-28-24-16-17-26(29-19-24)27(22-12-6-2-7-13-22)23-14-8-3-9-15-23/h1-15,24-30H,16-20H2/t24-,25-,26-/m0/s1. The number of hydrogen-bond donors (Lipinski definition) is 3. The molecule has 3 N–H and O–H groups in total. The van der Waals surface area contributed by atoms with Gasteiger partial charge in [-0.15, -0.1) is 0 Å². The molecule has 3 atom stereocenters. The summed E-state index contributed by atoms with van der Waals surface area (Å²) in [7, 11) is 0. The molecule has 156 valence electrons. The third kappa shape index (κ3) is 5.57. The van der Waals surface area contributed by atoms with Gasteiger partial charge in [0.05, 0.1) is 6.10 Å². The normalized spacial score (nSPS) is 20.2. The molecule has 0 radical (unpaired) electrons. The van der Waals surface area contributed by atoms with Gasteiger partial charge in [0.25, 0.3) is 0 Å². The van der Waals surface area contributed by atoms with Crippen LogP contribution in [-0.2, 0) is 6.42 Å². The van der Waals surface area contributed by atoms with Crippen molar-refractivity contribution >= 4 is 0 Å². The summed E-state index contributed by atoms with van der Waals surface area (Å²) in [5.74, 6) is 0.358. The zero-order valence-corrected chi connectivity index (χ0v) is 17.5. The first-order chi connectivity index (χ1) is 14.8. The second-order valence-electron chi connectivity index (χ2n) is 8.34. The molecule has 3 nitrogen and oxygen atoms in total. The van der Waals surface area contributed by atoms with E-state index < -0.39 is 0 Å². The van der Waals surface area contributed by atoms with Crippen molar-refractivity contribution in [2.24, 2.45) is 0 Å². The number of aliphatic hydroxyl groups is 1. The van der Waals surface area contributed by atoms with Gasteiger partial charge in [0.15, 0.2) is 0 Å². The first-order valence-electron chi connectivity index (χ1n) is 11.1. The molecule has 0 aliphatic carbocycles. The highest BCUT2D eigenvalue weighted by molar-refractivity contribution is 5.34. The Kier molecular flexibility index (Phi) is 7.30. The average Bonchev–Trinajstić information content (AvgIpc) is 2.81. The lowest BCUT2D eigenvalue weighted by atomic mass is 9.81. The number of aliphatic hydroxyl groups excluding tert-OH is 1. The monoisotopic (exact) mass is 400 g/mol. The smallest absolute Gasteiger partial charge is 0.0704 e. The Morgan fingerprint density at radius 1 is 0.800 bits per heavy atom. The third-order valence-electron chi connectivity index (χ3n) is 6.13. The third-order valence-corrected chi connectivity index (χ3v) is 6.13. The minimum absolute atomic E-state index is 0.355. The highest BCUT2D eigenvalue weighted by Crippen LogP contribution is 2.31. The van der Waals surface area contributed by atoms with Gasteiger partial charge in [0.2, 0.25) is 0 Å². The van der Waals surface area contributed by atoms with Crippen LogP contribution < -0.4 is 10.6 Å². The van der Waals surface area contributed by atoms with Crippen LogP contribution in [0.2, 0.25) is 0 Å². The molecule has 0 bridgehead atoms. The molecule has 4 rings (SSSR count). The van der Waals surface area contributed by atoms with E-state index in [-0.39, 0.29) is 6.10 Å². The van der Waals surface area contributed by atoms with Crippen LogP contribution >= 0.6 is 0 Å². The van der Waals surface area contributed by atoms with Crippen LogP contribution in [0.25, 0.3) is 0 Å². The van der Waals surface area contributed by atoms with Gasteiger partial charge in [-0.2, -0.15) is 0 Å². The molecule has 1 saturated heterocycles. The predicted molar refractivity (Wildman–Crippen MR) is 124 cm³/mol. The van der Waals surface area contributed by atoms with Crippen molar-refractivity contribution in [1.29, 1.82) is 0 Å². The van der Waals surface area contributed by atoms with E-state index >= 15 is 0 Å². The van der Waals surface area contributed by atoms with Crippen molar-refractivity contribution in [3.05, 3.63) is 108 Å². The highest BCUT2D eigenvalue weighted by atomic mass is 16.3. The molecule has 30 heavy (non-hydrogen) atoms. The van der Waals surface area contributed by atoms with Crippen molar-refractivity contribution in [2.45, 2.75) is 43.4 Å². The molecular weight excluding hydrogens is 368 g/mol. The summed E-state index contributed by atoms with van der Waals surface area (Å²) >= 11 is 0. The SMILES string of the molecule is O[C@H](CN[C@H]1CC[C@@H](C(c2ccccc2)c2ccccc2)NC1)Cc1ccccc1. The Morgan fingerprint density at radius 3 is 1.90 bits per heavy atom. The Balaban J connectivity index is 1.32. The summed E-state index contributed by atoms with van der Waals surface area (Å²) in [5.41, 5.74) is 3.92. The molecule has 0 saturated carbocycles. The molecule has 1 aliphatic rings. The number of nitrogens with one attached hydrogen (secondary N) is 2. The van der Waals surface area contributed by atoms with Gasteiger partial charge in [0, 0.05) is 31.1 Å². The second kappa shape index (κ2) is 10.5. The van der Waals surface area contributed by atoms with Gasteiger partial charge >= 0.3 is 0 Å². The predicted octanol–water partition coefficient (Wildman–Crippen LogP) is 4.13. The van der Waals surface area contributed by atoms with Crippen LogP contribution in [-0.4, -0.2) is 36.4 Å². The Hall–Kier alpha value is -2.46. The van der Waals surface area contributed by atoms with Gasteiger partial charge < -0.3 is 15.7 Å². The summed E-state index contributed by atoms with van der Waals surface area (Å²) in [6, 6.07) is 32.7. The lowest BCUT2D eigenvalue weighted by molar-refractivity contribution is 0.162. The van der Waals surface area contributed by atoms with E-state index in [9.17, 15) is 5.11 Å². The fourth-order valence-corrected chi connectivity index (χ4v) is 4.58. The molecule has 1 aliphatic heterocycles. The second-order valence-corrected chi connectivity index (χ2v) is 8.34. The van der Waals surface area contributed by atoms with E-state index in [1.54, 1.807) is 0 Å². The van der Waals surface area contributed by atoms with Crippen LogP contribution in [0, 0.1) is 0 Å². The van der Waals surface area contributed by atoms with Gasteiger partial charge in [-0.3, -0.25) is 0 Å². The number of rotatable bonds is 8. The van der Waals surface area contributed by atoms with Gasteiger partial charge in [-0.05, 0) is 36.0 Å². The molecule has 0 unspecified atom stereocenters. The maximum atomic E-state index is 10.4. The molecule has 1 heterocycles. The van der Waals surface area contributed by atoms with E-state index in [1.807, 2.05) is 18.2 Å². The summed E-state index contributed by atoms with van der Waals surface area (Å²) in [5, 5.41) is 17.8. The van der Waals surface area contributed by atoms with Crippen molar-refractivity contribution in [3.63, 3.8) is 0 Å². The van der Waals surface area contributed by atoms with Gasteiger partial charge in [0.1, 0.15) is 0 Å². The number of benzene rings is 3. The maximum Gasteiger partial charge on any atom is 0.0704 e. The van der Waals surface area contributed by atoms with Crippen molar-refractivity contribution in [3.8, 4) is 0 Å². The van der Waals surface area contributed by atoms with Crippen LogP contribution in [0.4, 0.5) is 0 Å². The minimum atomic E-state index is -0.355. The van der Waals surface area contributed by atoms with E-state index in [0.29, 0.717) is 31.0 Å². The number of piperidine rings is 1. The summed E-state index contributed by atoms with van der Waals surface area (Å²) in [4.78, 5) is 0. The van der Waals surface area contributed by atoms with Crippen LogP contribution in [0.3, 0.4) is 0 Å². The fourth-order valence-electron chi connectivity index (χ4n) is 4.58. The maximum absolute atomic E-state index is 10.4. The Labute approximate surface area is 180 Å². The molecule has 0 amide bonds. The lowest BCUT2D eigenvalue weighted by Crippen LogP contribution is -2.51. The molecule has 3 aromatic rings.